The van der Waals surface area contributed by atoms with E-state index in [0.29, 0.717) is 13.2 Å². The third-order valence-electron chi connectivity index (χ3n) is 3.30. The van der Waals surface area contributed by atoms with Gasteiger partial charge in [-0.25, -0.2) is 5.43 Å². The highest BCUT2D eigenvalue weighted by Crippen LogP contribution is 2.00. The smallest absolute Gasteiger partial charge is 0.294 e. The van der Waals surface area contributed by atoms with Gasteiger partial charge in [0.15, 0.2) is 6.04 Å². The molecule has 0 fully saturated rings. The highest BCUT2D eigenvalue weighted by molar-refractivity contribution is 5.79. The molecule has 0 radical (unpaired) electrons. The van der Waals surface area contributed by atoms with Gasteiger partial charge in [-0.15, -0.1) is 0 Å². The van der Waals surface area contributed by atoms with E-state index in [-0.39, 0.29) is 31.7 Å². The average molecular weight is 366 g/mol. The van der Waals surface area contributed by atoms with E-state index >= 15 is 0 Å². The number of hydrazine groups is 1. The van der Waals surface area contributed by atoms with Crippen molar-refractivity contribution in [2.75, 3.05) is 13.3 Å². The zero-order chi connectivity index (χ0) is 17.0. The Morgan fingerprint density at radius 1 is 0.920 bits per heavy atom. The fourth-order valence-electron chi connectivity index (χ4n) is 1.99. The van der Waals surface area contributed by atoms with Crippen molar-refractivity contribution in [1.82, 2.24) is 10.9 Å². The molecule has 0 aliphatic rings. The first-order valence-corrected chi connectivity index (χ1v) is 7.85. The maximum Gasteiger partial charge on any atom is 0.294 e. The van der Waals surface area contributed by atoms with Crippen LogP contribution in [0.4, 0.5) is 0 Å². The first kappa shape index (κ1) is 21.1. The van der Waals surface area contributed by atoms with E-state index in [0.717, 1.165) is 11.1 Å². The second-order valence-corrected chi connectivity index (χ2v) is 5.34. The monoisotopic (exact) mass is 365 g/mol. The summed E-state index contributed by atoms with van der Waals surface area (Å²) in [7, 11) is 0. The molecule has 0 aromatic heterocycles. The van der Waals surface area contributed by atoms with Gasteiger partial charge >= 0.3 is 0 Å². The maximum absolute atomic E-state index is 11.8. The second-order valence-electron chi connectivity index (χ2n) is 5.34. The molecule has 2 aromatic carbocycles. The van der Waals surface area contributed by atoms with Gasteiger partial charge in [0.25, 0.3) is 5.91 Å². The summed E-state index contributed by atoms with van der Waals surface area (Å²) in [5.74, 6) is -0.230. The number of hydrogen-bond acceptors (Lipinski definition) is 4. The van der Waals surface area contributed by atoms with Gasteiger partial charge in [-0.1, -0.05) is 60.7 Å². The molecule has 0 saturated heterocycles. The topological polar surface area (TPSA) is 87.2 Å². The van der Waals surface area contributed by atoms with E-state index in [1.165, 1.54) is 0 Å². The molecule has 1 atom stereocenters. The number of ether oxygens (including phenoxy) is 2. The van der Waals surface area contributed by atoms with Crippen LogP contribution in [0.3, 0.4) is 0 Å². The SMILES string of the molecule is [Cl-].[NH3+][C@@H](COCc1ccccc1)C(=O)NNCOCc1ccccc1. The molecule has 0 unspecified atom stereocenters. The van der Waals surface area contributed by atoms with Crippen molar-refractivity contribution in [3.05, 3.63) is 71.8 Å². The Morgan fingerprint density at radius 2 is 1.44 bits per heavy atom. The van der Waals surface area contributed by atoms with Crippen LogP contribution in [0, 0.1) is 0 Å². The van der Waals surface area contributed by atoms with Crippen molar-refractivity contribution in [1.29, 1.82) is 0 Å². The van der Waals surface area contributed by atoms with E-state index in [1.807, 2.05) is 60.7 Å². The number of carbonyl (C=O) groups is 1. The van der Waals surface area contributed by atoms with Crippen LogP contribution in [0.25, 0.3) is 0 Å². The van der Waals surface area contributed by atoms with E-state index in [1.54, 1.807) is 0 Å². The first-order chi connectivity index (χ1) is 11.8. The predicted octanol–water partition coefficient (Wildman–Crippen LogP) is -2.39. The number of carbonyl (C=O) groups excluding carboxylic acids is 1. The van der Waals surface area contributed by atoms with Crippen LogP contribution in [0.5, 0.6) is 0 Å². The Hall–Kier alpha value is -1.96. The molecule has 2 rings (SSSR count). The molecule has 1 amide bonds. The van der Waals surface area contributed by atoms with Crippen molar-refractivity contribution in [3.8, 4) is 0 Å². The zero-order valence-electron chi connectivity index (χ0n) is 14.0. The highest BCUT2D eigenvalue weighted by atomic mass is 35.5. The normalized spacial score (nSPS) is 11.4. The van der Waals surface area contributed by atoms with E-state index in [4.69, 9.17) is 9.47 Å². The van der Waals surface area contributed by atoms with E-state index in [9.17, 15) is 4.79 Å². The number of quaternary nitrogens is 1. The molecule has 136 valence electrons. The Balaban J connectivity index is 0.00000312. The highest BCUT2D eigenvalue weighted by Gasteiger charge is 2.16. The van der Waals surface area contributed by atoms with Gasteiger partial charge in [0.2, 0.25) is 0 Å². The molecule has 0 heterocycles. The minimum Gasteiger partial charge on any atom is -1.00 e. The summed E-state index contributed by atoms with van der Waals surface area (Å²) >= 11 is 0. The quantitative estimate of drug-likeness (QED) is 0.249. The van der Waals surface area contributed by atoms with Crippen LogP contribution >= 0.6 is 0 Å². The lowest BCUT2D eigenvalue weighted by molar-refractivity contribution is -0.411. The fourth-order valence-corrected chi connectivity index (χ4v) is 1.99. The van der Waals surface area contributed by atoms with Crippen molar-refractivity contribution in [2.45, 2.75) is 19.3 Å². The minimum absolute atomic E-state index is 0. The largest absolute Gasteiger partial charge is 1.00 e. The van der Waals surface area contributed by atoms with Gasteiger partial charge in [-0.2, -0.15) is 0 Å². The van der Waals surface area contributed by atoms with Crippen molar-refractivity contribution in [2.24, 2.45) is 0 Å². The van der Waals surface area contributed by atoms with Crippen LogP contribution in [0.1, 0.15) is 11.1 Å². The molecule has 0 aliphatic heterocycles. The summed E-state index contributed by atoms with van der Waals surface area (Å²) in [6, 6.07) is 19.1. The van der Waals surface area contributed by atoms with Gasteiger partial charge in [0.1, 0.15) is 13.3 Å². The number of halogens is 1. The minimum atomic E-state index is -0.490. The summed E-state index contributed by atoms with van der Waals surface area (Å²) in [6.07, 6.45) is 0. The van der Waals surface area contributed by atoms with Crippen molar-refractivity contribution < 1.29 is 32.4 Å². The lowest BCUT2D eigenvalue weighted by Gasteiger charge is -2.11. The molecule has 5 N–H and O–H groups in total. The van der Waals surface area contributed by atoms with Crippen molar-refractivity contribution >= 4 is 5.91 Å². The van der Waals surface area contributed by atoms with Gasteiger partial charge in [0.05, 0.1) is 13.2 Å². The maximum atomic E-state index is 11.8. The molecule has 0 saturated carbocycles. The molecule has 25 heavy (non-hydrogen) atoms. The zero-order valence-corrected chi connectivity index (χ0v) is 14.7. The molecule has 0 bridgehead atoms. The van der Waals surface area contributed by atoms with Crippen LogP contribution in [0.2, 0.25) is 0 Å². The predicted molar refractivity (Wildman–Crippen MR) is 90.2 cm³/mol. The Morgan fingerprint density at radius 3 is 2.00 bits per heavy atom. The van der Waals surface area contributed by atoms with Gasteiger partial charge in [0, 0.05) is 0 Å². The fraction of sp³-hybridized carbons (Fsp3) is 0.278. The van der Waals surface area contributed by atoms with Crippen LogP contribution in [-0.4, -0.2) is 25.3 Å². The second kappa shape index (κ2) is 12.4. The van der Waals surface area contributed by atoms with E-state index < -0.39 is 6.04 Å². The number of rotatable bonds is 10. The standard InChI is InChI=1S/C18H23N3O3.ClH/c19-17(13-23-11-15-7-3-1-4-8-15)18(22)21-20-14-24-12-16-9-5-2-6-10-16;/h1-10,17,20H,11-14,19H2,(H,21,22);1H/t17-;/m0./s1. The molecule has 2 aromatic rings. The molecule has 6 nitrogen and oxygen atoms in total. The Labute approximate surface area is 154 Å². The summed E-state index contributed by atoms with van der Waals surface area (Å²) in [4.78, 5) is 11.8. The lowest BCUT2D eigenvalue weighted by Crippen LogP contribution is -3.00. The third-order valence-corrected chi connectivity index (χ3v) is 3.30. The Bertz CT molecular complexity index is 599. The number of hydrogen-bond donors (Lipinski definition) is 3. The van der Waals surface area contributed by atoms with Crippen molar-refractivity contribution in [3.63, 3.8) is 0 Å². The van der Waals surface area contributed by atoms with Crippen LogP contribution < -0.4 is 29.0 Å². The van der Waals surface area contributed by atoms with E-state index in [2.05, 4.69) is 16.6 Å². The first-order valence-electron chi connectivity index (χ1n) is 7.85. The van der Waals surface area contributed by atoms with Gasteiger partial charge < -0.3 is 27.6 Å². The van der Waals surface area contributed by atoms with Gasteiger partial charge in [-0.05, 0) is 11.1 Å². The number of amides is 1. The summed E-state index contributed by atoms with van der Waals surface area (Å²) in [5, 5.41) is 0. The number of nitrogens with one attached hydrogen (secondary N) is 2. The molecule has 0 spiro atoms. The molecule has 0 aliphatic carbocycles. The lowest BCUT2D eigenvalue weighted by atomic mass is 10.2. The average Bonchev–Trinajstić information content (AvgIpc) is 2.63. The molecular formula is C18H24ClN3O3. The third kappa shape index (κ3) is 8.62. The summed E-state index contributed by atoms with van der Waals surface area (Å²) in [6.45, 7) is 1.43. The number of benzene rings is 2. The summed E-state index contributed by atoms with van der Waals surface area (Å²) < 4.78 is 10.9. The van der Waals surface area contributed by atoms with Crippen LogP contribution in [-0.2, 0) is 27.5 Å². The summed E-state index contributed by atoms with van der Waals surface area (Å²) in [5.41, 5.74) is 11.2. The Kier molecular flexibility index (Phi) is 10.5. The molecular weight excluding hydrogens is 342 g/mol. The van der Waals surface area contributed by atoms with Crippen LogP contribution in [0.15, 0.2) is 60.7 Å². The van der Waals surface area contributed by atoms with Gasteiger partial charge in [-0.3, -0.25) is 10.2 Å². The molecule has 7 heteroatoms.